The Balaban J connectivity index is 1.43. The number of carbonyl (C=O) groups is 1. The average Bonchev–Trinajstić information content (AvgIpc) is 2.92. The molecule has 1 amide bonds. The topological polar surface area (TPSA) is 67.8 Å². The quantitative estimate of drug-likeness (QED) is 0.0938. The fourth-order valence-electron chi connectivity index (χ4n) is 4.50. The summed E-state index contributed by atoms with van der Waals surface area (Å²) in [6.45, 7) is 3.12. The zero-order valence-electron chi connectivity index (χ0n) is 23.0. The largest absolute Gasteiger partial charge is 0.494 e. The molecule has 0 heterocycles. The van der Waals surface area contributed by atoms with Gasteiger partial charge in [-0.15, -0.1) is 0 Å². The number of amides is 1. The highest BCUT2D eigenvalue weighted by atomic mass is 17.1. The van der Waals surface area contributed by atoms with E-state index in [9.17, 15) is 4.79 Å². The van der Waals surface area contributed by atoms with Crippen LogP contribution in [0.4, 0.5) is 5.69 Å². The standard InChI is InChI=1S/C32H49NO4/c1-2-3-4-5-6-7-8-9-10-11-12-13-14-15-16-17-26-36-31-24-20-29(21-25-31)32(34)33-30-22-18-28(19-23-30)27-37-35/h18-25,35H,2-17,26-27H2,1H3,(H,33,34). The fraction of sp³-hybridized carbons (Fsp3) is 0.594. The minimum atomic E-state index is -0.171. The van der Waals surface area contributed by atoms with Crippen molar-refractivity contribution in [1.82, 2.24) is 0 Å². The van der Waals surface area contributed by atoms with E-state index in [1.165, 1.54) is 96.3 Å². The molecule has 0 bridgehead atoms. The molecular formula is C32H49NO4. The monoisotopic (exact) mass is 511 g/mol. The summed E-state index contributed by atoms with van der Waals surface area (Å²) in [4.78, 5) is 16.6. The summed E-state index contributed by atoms with van der Waals surface area (Å²) in [6.07, 6.45) is 21.8. The van der Waals surface area contributed by atoms with E-state index in [4.69, 9.17) is 9.99 Å². The molecule has 2 rings (SSSR count). The highest BCUT2D eigenvalue weighted by Gasteiger charge is 2.07. The van der Waals surface area contributed by atoms with Crippen LogP contribution in [0, 0.1) is 0 Å². The second-order valence-electron chi connectivity index (χ2n) is 10.1. The third kappa shape index (κ3) is 14.8. The van der Waals surface area contributed by atoms with Crippen molar-refractivity contribution in [3.05, 3.63) is 59.7 Å². The number of carbonyl (C=O) groups excluding carboxylic acids is 1. The Bertz CT molecular complexity index is 820. The number of hydrogen-bond acceptors (Lipinski definition) is 4. The van der Waals surface area contributed by atoms with Crippen LogP contribution in [0.15, 0.2) is 48.5 Å². The van der Waals surface area contributed by atoms with E-state index in [0.29, 0.717) is 17.9 Å². The Morgan fingerprint density at radius 3 is 1.65 bits per heavy atom. The number of hydrogen-bond donors (Lipinski definition) is 2. The van der Waals surface area contributed by atoms with Crippen LogP contribution >= 0.6 is 0 Å². The fourth-order valence-corrected chi connectivity index (χ4v) is 4.50. The predicted molar refractivity (Wildman–Crippen MR) is 153 cm³/mol. The Labute approximate surface area is 224 Å². The van der Waals surface area contributed by atoms with Gasteiger partial charge in [-0.25, -0.2) is 4.89 Å². The summed E-state index contributed by atoms with van der Waals surface area (Å²) in [6, 6.07) is 14.4. The summed E-state index contributed by atoms with van der Waals surface area (Å²) < 4.78 is 5.85. The number of anilines is 1. The van der Waals surface area contributed by atoms with E-state index in [1.807, 2.05) is 12.1 Å². The SMILES string of the molecule is CCCCCCCCCCCCCCCCCCOc1ccc(C(=O)Nc2ccc(COO)cc2)cc1. The highest BCUT2D eigenvalue weighted by molar-refractivity contribution is 6.04. The number of nitrogens with one attached hydrogen (secondary N) is 1. The molecule has 2 aromatic rings. The van der Waals surface area contributed by atoms with Gasteiger partial charge in [-0.2, -0.15) is 0 Å². The maximum Gasteiger partial charge on any atom is 0.255 e. The zero-order chi connectivity index (χ0) is 26.4. The Hall–Kier alpha value is -2.37. The maximum atomic E-state index is 12.4. The second-order valence-corrected chi connectivity index (χ2v) is 10.1. The number of rotatable bonds is 22. The van der Waals surface area contributed by atoms with Gasteiger partial charge in [-0.3, -0.25) is 10.1 Å². The van der Waals surface area contributed by atoms with Crippen LogP contribution in [0.1, 0.15) is 126 Å². The first-order chi connectivity index (χ1) is 18.2. The van der Waals surface area contributed by atoms with Crippen molar-refractivity contribution in [3.63, 3.8) is 0 Å². The first-order valence-electron chi connectivity index (χ1n) is 14.6. The zero-order valence-corrected chi connectivity index (χ0v) is 23.0. The van der Waals surface area contributed by atoms with E-state index in [0.717, 1.165) is 17.7 Å². The molecule has 0 spiro atoms. The summed E-state index contributed by atoms with van der Waals surface area (Å²) >= 11 is 0. The number of benzene rings is 2. The Morgan fingerprint density at radius 2 is 1.16 bits per heavy atom. The van der Waals surface area contributed by atoms with Gasteiger partial charge in [0.25, 0.3) is 5.91 Å². The van der Waals surface area contributed by atoms with E-state index in [2.05, 4.69) is 17.1 Å². The Morgan fingerprint density at radius 1 is 0.676 bits per heavy atom. The third-order valence-electron chi connectivity index (χ3n) is 6.83. The molecule has 5 nitrogen and oxygen atoms in total. The summed E-state index contributed by atoms with van der Waals surface area (Å²) in [5, 5.41) is 11.4. The number of ether oxygens (including phenoxy) is 1. The van der Waals surface area contributed by atoms with E-state index in [1.54, 1.807) is 36.4 Å². The normalized spacial score (nSPS) is 11.0. The lowest BCUT2D eigenvalue weighted by molar-refractivity contribution is -0.253. The molecule has 0 saturated heterocycles. The van der Waals surface area contributed by atoms with Gasteiger partial charge in [-0.05, 0) is 48.4 Å². The molecule has 2 aromatic carbocycles. The molecule has 0 radical (unpaired) electrons. The molecule has 0 saturated carbocycles. The van der Waals surface area contributed by atoms with E-state index >= 15 is 0 Å². The lowest BCUT2D eigenvalue weighted by atomic mass is 10.0. The lowest BCUT2D eigenvalue weighted by Gasteiger charge is -2.09. The minimum absolute atomic E-state index is 0.120. The number of unbranched alkanes of at least 4 members (excludes halogenated alkanes) is 15. The molecule has 2 N–H and O–H groups in total. The average molecular weight is 512 g/mol. The maximum absolute atomic E-state index is 12.4. The molecule has 37 heavy (non-hydrogen) atoms. The minimum Gasteiger partial charge on any atom is -0.494 e. The van der Waals surface area contributed by atoms with Crippen LogP contribution in [0.3, 0.4) is 0 Å². The first kappa shape index (κ1) is 30.9. The van der Waals surface area contributed by atoms with E-state index < -0.39 is 0 Å². The van der Waals surface area contributed by atoms with Crippen molar-refractivity contribution in [2.75, 3.05) is 11.9 Å². The van der Waals surface area contributed by atoms with Gasteiger partial charge in [-0.1, -0.05) is 115 Å². The van der Waals surface area contributed by atoms with Gasteiger partial charge in [0.2, 0.25) is 0 Å². The molecule has 5 heteroatoms. The van der Waals surface area contributed by atoms with Crippen molar-refractivity contribution < 1.29 is 19.7 Å². The van der Waals surface area contributed by atoms with Gasteiger partial charge >= 0.3 is 0 Å². The third-order valence-corrected chi connectivity index (χ3v) is 6.83. The predicted octanol–water partition coefficient (Wildman–Crippen LogP) is 9.57. The van der Waals surface area contributed by atoms with Crippen molar-refractivity contribution in [1.29, 1.82) is 0 Å². The Kier molecular flexibility index (Phi) is 17.2. The first-order valence-corrected chi connectivity index (χ1v) is 14.6. The van der Waals surface area contributed by atoms with Gasteiger partial charge < -0.3 is 10.1 Å². The molecule has 0 unspecified atom stereocenters. The summed E-state index contributed by atoms with van der Waals surface area (Å²) in [5.41, 5.74) is 2.10. The van der Waals surface area contributed by atoms with Crippen molar-refractivity contribution in [3.8, 4) is 5.75 Å². The van der Waals surface area contributed by atoms with Gasteiger partial charge in [0, 0.05) is 11.3 Å². The van der Waals surface area contributed by atoms with Gasteiger partial charge in [0.05, 0.1) is 6.61 Å². The van der Waals surface area contributed by atoms with Crippen molar-refractivity contribution in [2.24, 2.45) is 0 Å². The molecule has 0 aromatic heterocycles. The highest BCUT2D eigenvalue weighted by Crippen LogP contribution is 2.17. The lowest BCUT2D eigenvalue weighted by Crippen LogP contribution is -2.11. The van der Waals surface area contributed by atoms with Gasteiger partial charge in [0.1, 0.15) is 12.4 Å². The van der Waals surface area contributed by atoms with Crippen molar-refractivity contribution >= 4 is 11.6 Å². The van der Waals surface area contributed by atoms with Crippen LogP contribution in [-0.2, 0) is 11.5 Å². The van der Waals surface area contributed by atoms with Gasteiger partial charge in [0.15, 0.2) is 0 Å². The summed E-state index contributed by atoms with van der Waals surface area (Å²) in [5.74, 6) is 0.626. The van der Waals surface area contributed by atoms with Crippen LogP contribution in [0.25, 0.3) is 0 Å². The van der Waals surface area contributed by atoms with E-state index in [-0.39, 0.29) is 12.5 Å². The van der Waals surface area contributed by atoms with Crippen LogP contribution in [-0.4, -0.2) is 17.8 Å². The van der Waals surface area contributed by atoms with Crippen LogP contribution in [0.2, 0.25) is 0 Å². The van der Waals surface area contributed by atoms with Crippen molar-refractivity contribution in [2.45, 2.75) is 116 Å². The second kappa shape index (κ2) is 20.7. The molecular weight excluding hydrogens is 462 g/mol. The molecule has 206 valence electrons. The van der Waals surface area contributed by atoms with Crippen LogP contribution in [0.5, 0.6) is 5.75 Å². The molecule has 0 aliphatic carbocycles. The molecule has 0 fully saturated rings. The smallest absolute Gasteiger partial charge is 0.255 e. The molecule has 0 aliphatic heterocycles. The molecule has 0 aliphatic rings. The molecule has 0 atom stereocenters. The summed E-state index contributed by atoms with van der Waals surface area (Å²) in [7, 11) is 0. The van der Waals surface area contributed by atoms with Crippen LogP contribution < -0.4 is 10.1 Å².